The van der Waals surface area contributed by atoms with Gasteiger partial charge in [0, 0.05) is 5.02 Å². The lowest BCUT2D eigenvalue weighted by molar-refractivity contribution is -0.113. The Kier molecular flexibility index (Phi) is 7.73. The second-order valence-electron chi connectivity index (χ2n) is 7.17. The van der Waals surface area contributed by atoms with Gasteiger partial charge in [-0.05, 0) is 78.4 Å². The molecule has 1 saturated heterocycles. The van der Waals surface area contributed by atoms with Crippen molar-refractivity contribution in [2.24, 2.45) is 0 Å². The summed E-state index contributed by atoms with van der Waals surface area (Å²) < 4.78 is 11.7. The summed E-state index contributed by atoms with van der Waals surface area (Å²) >= 11 is 18.9. The number of imide groups is 1. The highest BCUT2D eigenvalue weighted by atomic mass is 35.5. The smallest absolute Gasteiger partial charge is 0.298 e. The molecule has 0 spiro atoms. The number of carbonyl (C=O) groups is 2. The van der Waals surface area contributed by atoms with Gasteiger partial charge in [-0.3, -0.25) is 9.59 Å². The first-order valence-corrected chi connectivity index (χ1v) is 12.2. The molecular formula is C25H18Cl3NO4S. The third kappa shape index (κ3) is 5.53. The quantitative estimate of drug-likeness (QED) is 0.289. The normalized spacial score (nSPS) is 14.7. The van der Waals surface area contributed by atoms with Crippen LogP contribution in [0.1, 0.15) is 18.1 Å². The van der Waals surface area contributed by atoms with E-state index in [4.69, 9.17) is 44.3 Å². The standard InChI is InChI=1S/C25H18Cl3NO4S/c1-2-32-22-11-15(7-9-21(22)33-14-16-6-8-19(27)20(28)10-16)12-23-24(30)29(25(31)34-23)18-5-3-4-17(26)13-18/h3-13H,2,14H2,1H3/b23-12+. The van der Waals surface area contributed by atoms with Crippen LogP contribution in [0.5, 0.6) is 11.5 Å². The molecule has 1 aliphatic heterocycles. The molecule has 3 aromatic rings. The van der Waals surface area contributed by atoms with E-state index in [1.165, 1.54) is 0 Å². The number of thioether (sulfide) groups is 1. The van der Waals surface area contributed by atoms with Crippen molar-refractivity contribution < 1.29 is 19.1 Å². The van der Waals surface area contributed by atoms with E-state index in [0.29, 0.717) is 49.3 Å². The van der Waals surface area contributed by atoms with E-state index in [0.717, 1.165) is 22.2 Å². The Hall–Kier alpha value is -2.64. The summed E-state index contributed by atoms with van der Waals surface area (Å²) in [6, 6.07) is 17.2. The topological polar surface area (TPSA) is 55.8 Å². The fraction of sp³-hybridized carbons (Fsp3) is 0.120. The van der Waals surface area contributed by atoms with Gasteiger partial charge in [0.1, 0.15) is 6.61 Å². The van der Waals surface area contributed by atoms with Gasteiger partial charge in [0.25, 0.3) is 11.1 Å². The molecule has 1 fully saturated rings. The van der Waals surface area contributed by atoms with Gasteiger partial charge < -0.3 is 9.47 Å². The summed E-state index contributed by atoms with van der Waals surface area (Å²) in [7, 11) is 0. The zero-order valence-electron chi connectivity index (χ0n) is 17.9. The lowest BCUT2D eigenvalue weighted by Gasteiger charge is -2.13. The van der Waals surface area contributed by atoms with Crippen LogP contribution in [0.25, 0.3) is 6.08 Å². The van der Waals surface area contributed by atoms with Gasteiger partial charge in [0.05, 0.1) is 27.2 Å². The molecule has 3 aromatic carbocycles. The van der Waals surface area contributed by atoms with Crippen LogP contribution in [-0.2, 0) is 11.4 Å². The number of anilines is 1. The van der Waals surface area contributed by atoms with Crippen LogP contribution in [-0.4, -0.2) is 17.8 Å². The maximum absolute atomic E-state index is 12.9. The number of nitrogens with zero attached hydrogens (tertiary/aromatic N) is 1. The van der Waals surface area contributed by atoms with Crippen LogP contribution in [0.4, 0.5) is 10.5 Å². The number of ether oxygens (including phenoxy) is 2. The second kappa shape index (κ2) is 10.7. The van der Waals surface area contributed by atoms with Gasteiger partial charge in [0.2, 0.25) is 0 Å². The van der Waals surface area contributed by atoms with E-state index in [1.807, 2.05) is 13.0 Å². The Balaban J connectivity index is 1.55. The predicted molar refractivity (Wildman–Crippen MR) is 138 cm³/mol. The van der Waals surface area contributed by atoms with Crippen molar-refractivity contribution in [1.29, 1.82) is 0 Å². The first kappa shape index (κ1) is 24.5. The summed E-state index contributed by atoms with van der Waals surface area (Å²) in [4.78, 5) is 26.8. The molecule has 0 aliphatic carbocycles. The first-order chi connectivity index (χ1) is 16.4. The minimum Gasteiger partial charge on any atom is -0.490 e. The van der Waals surface area contributed by atoms with Crippen LogP contribution in [0.2, 0.25) is 15.1 Å². The maximum Gasteiger partial charge on any atom is 0.298 e. The highest BCUT2D eigenvalue weighted by Gasteiger charge is 2.36. The fourth-order valence-electron chi connectivity index (χ4n) is 3.25. The summed E-state index contributed by atoms with van der Waals surface area (Å²) in [6.45, 7) is 2.57. The van der Waals surface area contributed by atoms with E-state index >= 15 is 0 Å². The molecule has 0 atom stereocenters. The predicted octanol–water partition coefficient (Wildman–Crippen LogP) is 7.87. The Morgan fingerprint density at radius 1 is 0.912 bits per heavy atom. The monoisotopic (exact) mass is 533 g/mol. The van der Waals surface area contributed by atoms with Crippen molar-refractivity contribution in [1.82, 2.24) is 0 Å². The third-order valence-electron chi connectivity index (χ3n) is 4.80. The number of amides is 2. The third-order valence-corrected chi connectivity index (χ3v) is 6.65. The van der Waals surface area contributed by atoms with Crippen LogP contribution >= 0.6 is 46.6 Å². The molecule has 1 aliphatic rings. The Bertz CT molecular complexity index is 1290. The van der Waals surface area contributed by atoms with Gasteiger partial charge in [0.15, 0.2) is 11.5 Å². The van der Waals surface area contributed by atoms with Crippen LogP contribution in [0.3, 0.4) is 0 Å². The lowest BCUT2D eigenvalue weighted by atomic mass is 10.1. The average Bonchev–Trinajstić information content (AvgIpc) is 3.08. The van der Waals surface area contributed by atoms with E-state index in [-0.39, 0.29) is 11.8 Å². The Morgan fingerprint density at radius 3 is 2.47 bits per heavy atom. The maximum atomic E-state index is 12.9. The molecule has 2 amide bonds. The first-order valence-electron chi connectivity index (χ1n) is 10.2. The summed E-state index contributed by atoms with van der Waals surface area (Å²) in [6.07, 6.45) is 1.65. The molecule has 5 nitrogen and oxygen atoms in total. The van der Waals surface area contributed by atoms with Crippen LogP contribution in [0, 0.1) is 0 Å². The number of benzene rings is 3. The lowest BCUT2D eigenvalue weighted by Crippen LogP contribution is -2.27. The Morgan fingerprint density at radius 2 is 1.74 bits per heavy atom. The van der Waals surface area contributed by atoms with Crippen molar-refractivity contribution in [2.75, 3.05) is 11.5 Å². The molecule has 0 radical (unpaired) electrons. The molecule has 174 valence electrons. The zero-order chi connectivity index (χ0) is 24.2. The highest BCUT2D eigenvalue weighted by Crippen LogP contribution is 2.38. The number of halogens is 3. The van der Waals surface area contributed by atoms with Crippen molar-refractivity contribution in [3.63, 3.8) is 0 Å². The molecule has 34 heavy (non-hydrogen) atoms. The summed E-state index contributed by atoms with van der Waals surface area (Å²) in [5, 5.41) is 0.989. The number of rotatable bonds is 7. The fourth-order valence-corrected chi connectivity index (χ4v) is 4.60. The summed E-state index contributed by atoms with van der Waals surface area (Å²) in [5.41, 5.74) is 1.98. The summed E-state index contributed by atoms with van der Waals surface area (Å²) in [5.74, 6) is 0.651. The molecule has 1 heterocycles. The molecule has 0 aromatic heterocycles. The van der Waals surface area contributed by atoms with E-state index in [1.54, 1.807) is 60.7 Å². The van der Waals surface area contributed by atoms with Crippen LogP contribution < -0.4 is 14.4 Å². The van der Waals surface area contributed by atoms with Gasteiger partial charge in [-0.15, -0.1) is 0 Å². The van der Waals surface area contributed by atoms with E-state index in [9.17, 15) is 9.59 Å². The van der Waals surface area contributed by atoms with Gasteiger partial charge in [-0.1, -0.05) is 53.0 Å². The largest absolute Gasteiger partial charge is 0.490 e. The average molecular weight is 535 g/mol. The number of hydrogen-bond acceptors (Lipinski definition) is 5. The van der Waals surface area contributed by atoms with Crippen molar-refractivity contribution in [2.45, 2.75) is 13.5 Å². The van der Waals surface area contributed by atoms with Crippen LogP contribution in [0.15, 0.2) is 65.6 Å². The minimum absolute atomic E-state index is 0.273. The van der Waals surface area contributed by atoms with Gasteiger partial charge >= 0.3 is 0 Å². The number of carbonyl (C=O) groups excluding carboxylic acids is 2. The molecule has 0 saturated carbocycles. The number of hydrogen-bond donors (Lipinski definition) is 0. The van der Waals surface area contributed by atoms with Gasteiger partial charge in [-0.25, -0.2) is 4.90 Å². The van der Waals surface area contributed by atoms with Crippen molar-refractivity contribution >= 4 is 69.5 Å². The van der Waals surface area contributed by atoms with E-state index < -0.39 is 5.91 Å². The van der Waals surface area contributed by atoms with Crippen molar-refractivity contribution in [3.8, 4) is 11.5 Å². The molecule has 0 N–H and O–H groups in total. The SMILES string of the molecule is CCOc1cc(/C=C2/SC(=O)N(c3cccc(Cl)c3)C2=O)ccc1OCc1ccc(Cl)c(Cl)c1. The molecular weight excluding hydrogens is 517 g/mol. The second-order valence-corrected chi connectivity index (χ2v) is 9.42. The molecule has 4 rings (SSSR count). The van der Waals surface area contributed by atoms with Gasteiger partial charge in [-0.2, -0.15) is 0 Å². The molecule has 0 unspecified atom stereocenters. The van der Waals surface area contributed by atoms with Crippen molar-refractivity contribution in [3.05, 3.63) is 91.8 Å². The molecule has 9 heteroatoms. The van der Waals surface area contributed by atoms with E-state index in [2.05, 4.69) is 0 Å². The highest BCUT2D eigenvalue weighted by molar-refractivity contribution is 8.19. The molecule has 0 bridgehead atoms. The Labute approximate surface area is 216 Å². The zero-order valence-corrected chi connectivity index (χ0v) is 21.0. The minimum atomic E-state index is -0.407.